The van der Waals surface area contributed by atoms with Crippen LogP contribution in [0.5, 0.6) is 0 Å². The zero-order valence-electron chi connectivity index (χ0n) is 9.78. The van der Waals surface area contributed by atoms with E-state index in [0.717, 1.165) is 11.8 Å². The Bertz CT molecular complexity index is 109. The molecule has 0 aliphatic rings. The average molecular weight is 170 g/mol. The van der Waals surface area contributed by atoms with E-state index in [9.17, 15) is 0 Å². The van der Waals surface area contributed by atoms with Crippen molar-refractivity contribution in [3.05, 3.63) is 0 Å². The fourth-order valence-corrected chi connectivity index (χ4v) is 2.54. The third-order valence-corrected chi connectivity index (χ3v) is 3.76. The second-order valence-corrected chi connectivity index (χ2v) is 4.62. The summed E-state index contributed by atoms with van der Waals surface area (Å²) in [5.74, 6) is 1.73. The van der Waals surface area contributed by atoms with Gasteiger partial charge in [-0.3, -0.25) is 0 Å². The van der Waals surface area contributed by atoms with Gasteiger partial charge in [0.2, 0.25) is 0 Å². The van der Waals surface area contributed by atoms with Gasteiger partial charge in [0.05, 0.1) is 0 Å². The van der Waals surface area contributed by atoms with Gasteiger partial charge in [-0.2, -0.15) is 0 Å². The molecule has 12 heavy (non-hydrogen) atoms. The van der Waals surface area contributed by atoms with Crippen LogP contribution in [-0.2, 0) is 0 Å². The topological polar surface area (TPSA) is 0 Å². The van der Waals surface area contributed by atoms with Crippen molar-refractivity contribution < 1.29 is 0 Å². The fraction of sp³-hybridized carbons (Fsp3) is 1.00. The van der Waals surface area contributed by atoms with Gasteiger partial charge in [-0.15, -0.1) is 0 Å². The van der Waals surface area contributed by atoms with Gasteiger partial charge in [-0.1, -0.05) is 60.8 Å². The first-order chi connectivity index (χ1) is 5.51. The normalized spacial score (nSPS) is 15.2. The Morgan fingerprint density at radius 1 is 1.00 bits per heavy atom. The zero-order valence-corrected chi connectivity index (χ0v) is 9.78. The molecule has 0 rings (SSSR count). The van der Waals surface area contributed by atoms with Crippen LogP contribution in [0.2, 0.25) is 0 Å². The zero-order chi connectivity index (χ0) is 9.78. The van der Waals surface area contributed by atoms with Crippen molar-refractivity contribution >= 4 is 0 Å². The van der Waals surface area contributed by atoms with Crippen LogP contribution < -0.4 is 0 Å². The summed E-state index contributed by atoms with van der Waals surface area (Å²) >= 11 is 0. The van der Waals surface area contributed by atoms with E-state index in [2.05, 4.69) is 41.5 Å². The lowest BCUT2D eigenvalue weighted by Crippen LogP contribution is -2.29. The molecule has 0 aromatic rings. The van der Waals surface area contributed by atoms with Crippen LogP contribution in [-0.4, -0.2) is 0 Å². The third-order valence-electron chi connectivity index (χ3n) is 3.76. The molecule has 0 fully saturated rings. The van der Waals surface area contributed by atoms with Crippen LogP contribution in [0.4, 0.5) is 0 Å². The van der Waals surface area contributed by atoms with Gasteiger partial charge < -0.3 is 0 Å². The van der Waals surface area contributed by atoms with E-state index in [-0.39, 0.29) is 0 Å². The smallest absolute Gasteiger partial charge is 0.0300 e. The lowest BCUT2D eigenvalue weighted by molar-refractivity contribution is 0.117. The number of rotatable bonds is 5. The largest absolute Gasteiger partial charge is 0.0651 e. The second kappa shape index (κ2) is 4.89. The predicted molar refractivity (Wildman–Crippen MR) is 57.3 cm³/mol. The summed E-state index contributed by atoms with van der Waals surface area (Å²) < 4.78 is 0. The van der Waals surface area contributed by atoms with Crippen LogP contribution in [0.3, 0.4) is 0 Å². The molecule has 74 valence electrons. The summed E-state index contributed by atoms with van der Waals surface area (Å²) in [6, 6.07) is 0. The first-order valence-electron chi connectivity index (χ1n) is 5.51. The summed E-state index contributed by atoms with van der Waals surface area (Å²) in [4.78, 5) is 0. The van der Waals surface area contributed by atoms with Crippen LogP contribution in [0.15, 0.2) is 0 Å². The van der Waals surface area contributed by atoms with Crippen molar-refractivity contribution in [3.63, 3.8) is 0 Å². The summed E-state index contributed by atoms with van der Waals surface area (Å²) in [6.07, 6.45) is 3.97. The van der Waals surface area contributed by atoms with E-state index in [1.165, 1.54) is 19.3 Å². The summed E-state index contributed by atoms with van der Waals surface area (Å²) in [6.45, 7) is 14.1. The fourth-order valence-electron chi connectivity index (χ4n) is 2.54. The van der Waals surface area contributed by atoms with Crippen LogP contribution in [0.25, 0.3) is 0 Å². The van der Waals surface area contributed by atoms with Crippen molar-refractivity contribution in [2.24, 2.45) is 17.3 Å². The van der Waals surface area contributed by atoms with E-state index >= 15 is 0 Å². The van der Waals surface area contributed by atoms with Gasteiger partial charge in [-0.05, 0) is 17.3 Å². The van der Waals surface area contributed by atoms with Gasteiger partial charge in [0, 0.05) is 0 Å². The standard InChI is InChI=1S/C12H26/c1-7-11(10(4)5)12(6,8-2)9-3/h10-11H,7-9H2,1-6H3. The maximum Gasteiger partial charge on any atom is -0.0300 e. The lowest BCUT2D eigenvalue weighted by atomic mass is 9.67. The maximum atomic E-state index is 2.45. The highest BCUT2D eigenvalue weighted by molar-refractivity contribution is 4.81. The van der Waals surface area contributed by atoms with Gasteiger partial charge >= 0.3 is 0 Å². The molecule has 0 bridgehead atoms. The molecule has 0 aromatic carbocycles. The van der Waals surface area contributed by atoms with Crippen molar-refractivity contribution in [1.82, 2.24) is 0 Å². The van der Waals surface area contributed by atoms with E-state index in [4.69, 9.17) is 0 Å². The number of hydrogen-bond acceptors (Lipinski definition) is 0. The Morgan fingerprint density at radius 3 is 1.50 bits per heavy atom. The van der Waals surface area contributed by atoms with E-state index < -0.39 is 0 Å². The Hall–Kier alpha value is 0. The summed E-state index contributed by atoms with van der Waals surface area (Å²) in [5.41, 5.74) is 0.572. The quantitative estimate of drug-likeness (QED) is 0.570. The molecular formula is C12H26. The molecule has 0 saturated heterocycles. The Kier molecular flexibility index (Phi) is 4.89. The van der Waals surface area contributed by atoms with Crippen molar-refractivity contribution in [2.75, 3.05) is 0 Å². The monoisotopic (exact) mass is 170 g/mol. The summed E-state index contributed by atoms with van der Waals surface area (Å²) in [5, 5.41) is 0. The molecule has 0 N–H and O–H groups in total. The first-order valence-corrected chi connectivity index (χ1v) is 5.51. The minimum Gasteiger partial charge on any atom is -0.0651 e. The van der Waals surface area contributed by atoms with Crippen molar-refractivity contribution in [1.29, 1.82) is 0 Å². The molecule has 1 unspecified atom stereocenters. The lowest BCUT2D eigenvalue weighted by Gasteiger charge is -2.38. The summed E-state index contributed by atoms with van der Waals surface area (Å²) in [7, 11) is 0. The van der Waals surface area contributed by atoms with Crippen molar-refractivity contribution in [3.8, 4) is 0 Å². The second-order valence-electron chi connectivity index (χ2n) is 4.62. The highest BCUT2D eigenvalue weighted by atomic mass is 14.4. The molecule has 0 saturated carbocycles. The molecule has 0 amide bonds. The molecule has 0 heterocycles. The van der Waals surface area contributed by atoms with Gasteiger partial charge in [0.1, 0.15) is 0 Å². The first kappa shape index (κ1) is 12.0. The van der Waals surface area contributed by atoms with Gasteiger partial charge in [-0.25, -0.2) is 0 Å². The maximum absolute atomic E-state index is 2.45. The van der Waals surface area contributed by atoms with Gasteiger partial charge in [0.25, 0.3) is 0 Å². The average Bonchev–Trinajstić information content (AvgIpc) is 2.04. The van der Waals surface area contributed by atoms with Crippen LogP contribution in [0, 0.1) is 17.3 Å². The third kappa shape index (κ3) is 2.50. The SMILES string of the molecule is CCC(C(C)C)C(C)(CC)CC. The molecule has 0 radical (unpaired) electrons. The predicted octanol–water partition coefficient (Wildman–Crippen LogP) is 4.49. The molecule has 0 heteroatoms. The minimum absolute atomic E-state index is 0.572. The molecule has 1 atom stereocenters. The van der Waals surface area contributed by atoms with Crippen LogP contribution >= 0.6 is 0 Å². The highest BCUT2D eigenvalue weighted by Crippen LogP contribution is 2.40. The Labute approximate surface area is 78.8 Å². The Balaban J connectivity index is 4.43. The minimum atomic E-state index is 0.572. The highest BCUT2D eigenvalue weighted by Gasteiger charge is 2.31. The molecule has 0 aromatic heterocycles. The van der Waals surface area contributed by atoms with Gasteiger partial charge in [0.15, 0.2) is 0 Å². The molecular weight excluding hydrogens is 144 g/mol. The van der Waals surface area contributed by atoms with E-state index in [1.54, 1.807) is 0 Å². The molecule has 0 spiro atoms. The molecule has 0 nitrogen and oxygen atoms in total. The molecule has 0 aliphatic heterocycles. The number of hydrogen-bond donors (Lipinski definition) is 0. The van der Waals surface area contributed by atoms with E-state index in [1.807, 2.05) is 0 Å². The Morgan fingerprint density at radius 2 is 1.42 bits per heavy atom. The van der Waals surface area contributed by atoms with Crippen LogP contribution in [0.1, 0.15) is 60.8 Å². The van der Waals surface area contributed by atoms with Crippen molar-refractivity contribution in [2.45, 2.75) is 60.8 Å². The van der Waals surface area contributed by atoms with E-state index in [0.29, 0.717) is 5.41 Å². The molecule has 0 aliphatic carbocycles.